The summed E-state index contributed by atoms with van der Waals surface area (Å²) < 4.78 is 8.93. The minimum absolute atomic E-state index is 0.813. The number of hydrogen-bond donors (Lipinski definition) is 0. The lowest BCUT2D eigenvalue weighted by Crippen LogP contribution is -2.03. The average molecular weight is 1150 g/mol. The molecule has 430 valence electrons. The summed E-state index contributed by atoms with van der Waals surface area (Å²) in [6.45, 7) is 13.9. The third kappa shape index (κ3) is 14.9. The van der Waals surface area contributed by atoms with Gasteiger partial charge in [-0.25, -0.2) is 9.97 Å². The van der Waals surface area contributed by atoms with Crippen molar-refractivity contribution < 1.29 is 4.42 Å². The number of rotatable bonds is 33. The van der Waals surface area contributed by atoms with Crippen LogP contribution in [0.3, 0.4) is 0 Å². The second kappa shape index (κ2) is 29.9. The molecule has 5 aromatic carbocycles. The Hall–Kier alpha value is -5.40. The summed E-state index contributed by atoms with van der Waals surface area (Å²) in [5.41, 5.74) is 16.3. The molecule has 10 aromatic rings. The van der Waals surface area contributed by atoms with Crippen LogP contribution in [-0.2, 0) is 25.7 Å². The van der Waals surface area contributed by atoms with E-state index in [-0.39, 0.29) is 0 Å². The van der Waals surface area contributed by atoms with E-state index in [9.17, 15) is 0 Å². The van der Waals surface area contributed by atoms with Gasteiger partial charge in [0.05, 0.1) is 11.4 Å². The second-order valence-electron chi connectivity index (χ2n) is 24.0. The summed E-state index contributed by atoms with van der Waals surface area (Å²) >= 11 is 5.73. The molecule has 10 rings (SSSR count). The largest absolute Gasteiger partial charge is 0.456 e. The van der Waals surface area contributed by atoms with Crippen LogP contribution in [0.5, 0.6) is 0 Å². The van der Waals surface area contributed by atoms with Crippen LogP contribution in [-0.4, -0.2) is 9.97 Å². The van der Waals surface area contributed by atoms with Gasteiger partial charge in [0.15, 0.2) is 5.82 Å². The topological polar surface area (TPSA) is 38.9 Å². The summed E-state index contributed by atoms with van der Waals surface area (Å²) in [5.74, 6) is 0.813. The lowest BCUT2D eigenvalue weighted by Gasteiger charge is -2.19. The molecule has 0 saturated heterocycles. The fraction of sp³-hybridized carbons (Fsp3) is 0.447. The van der Waals surface area contributed by atoms with Crippen LogP contribution in [0.2, 0.25) is 0 Å². The van der Waals surface area contributed by atoms with Gasteiger partial charge in [-0.1, -0.05) is 180 Å². The van der Waals surface area contributed by atoms with Crippen LogP contribution in [0.25, 0.3) is 96.2 Å². The maximum Gasteiger partial charge on any atom is 0.160 e. The predicted molar refractivity (Wildman–Crippen MR) is 363 cm³/mol. The first kappa shape index (κ1) is 59.7. The summed E-state index contributed by atoms with van der Waals surface area (Å²) in [6, 6.07) is 42.3. The fourth-order valence-electron chi connectivity index (χ4n) is 12.7. The zero-order valence-corrected chi connectivity index (χ0v) is 53.2. The molecule has 0 amide bonds. The minimum atomic E-state index is 0.813. The number of aryl methyl sites for hydroxylation is 6. The normalized spacial score (nSPS) is 11.9. The molecule has 0 aliphatic heterocycles. The number of benzene rings is 5. The number of fused-ring (bicyclic) bond motifs is 6. The number of furan rings is 1. The molecule has 5 heterocycles. The Kier molecular flexibility index (Phi) is 21.8. The molecular weight excluding hydrogens is 1050 g/mol. The van der Waals surface area contributed by atoms with E-state index in [1.165, 1.54) is 244 Å². The molecule has 0 aliphatic carbocycles. The third-order valence-electron chi connectivity index (χ3n) is 17.4. The van der Waals surface area contributed by atoms with Gasteiger partial charge in [-0.3, -0.25) is 0 Å². The van der Waals surface area contributed by atoms with Crippen molar-refractivity contribution >= 4 is 76.1 Å². The van der Waals surface area contributed by atoms with Gasteiger partial charge < -0.3 is 4.42 Å². The van der Waals surface area contributed by atoms with E-state index in [0.29, 0.717) is 0 Å². The molecule has 82 heavy (non-hydrogen) atoms. The predicted octanol–water partition coefficient (Wildman–Crippen LogP) is 25.4. The van der Waals surface area contributed by atoms with Gasteiger partial charge in [0.1, 0.15) is 11.2 Å². The first-order valence-corrected chi connectivity index (χ1v) is 34.9. The molecule has 5 aromatic heterocycles. The number of aromatic nitrogens is 2. The molecule has 0 unspecified atom stereocenters. The Labute approximate surface area is 504 Å². The van der Waals surface area contributed by atoms with Crippen LogP contribution in [0.1, 0.15) is 214 Å². The number of thiophene rings is 3. The van der Waals surface area contributed by atoms with Crippen molar-refractivity contribution in [2.45, 2.75) is 221 Å². The number of unbranched alkanes of at least 4 members (excludes halogenated alkanes) is 20. The Morgan fingerprint density at radius 2 is 0.854 bits per heavy atom. The van der Waals surface area contributed by atoms with Gasteiger partial charge >= 0.3 is 0 Å². The monoisotopic (exact) mass is 1140 g/mol. The highest BCUT2D eigenvalue weighted by Crippen LogP contribution is 2.44. The molecule has 0 atom stereocenters. The number of nitrogens with zero attached hydrogens (tertiary/aromatic N) is 2. The van der Waals surface area contributed by atoms with Crippen LogP contribution in [0.15, 0.2) is 114 Å². The van der Waals surface area contributed by atoms with E-state index in [4.69, 9.17) is 14.4 Å². The smallest absolute Gasteiger partial charge is 0.160 e. The van der Waals surface area contributed by atoms with Crippen LogP contribution < -0.4 is 0 Å². The number of para-hydroxylation sites is 1. The van der Waals surface area contributed by atoms with E-state index >= 15 is 0 Å². The molecule has 0 radical (unpaired) electrons. The Balaban J connectivity index is 1.15. The summed E-state index contributed by atoms with van der Waals surface area (Å²) in [5, 5.41) is 4.85. The highest BCUT2D eigenvalue weighted by atomic mass is 32.1. The lowest BCUT2D eigenvalue weighted by molar-refractivity contribution is 0.605. The average Bonchev–Trinajstić information content (AvgIpc) is 4.39. The molecule has 0 saturated carbocycles. The fourth-order valence-corrected chi connectivity index (χ4v) is 15.8. The van der Waals surface area contributed by atoms with Gasteiger partial charge in [0, 0.05) is 67.1 Å². The van der Waals surface area contributed by atoms with E-state index in [1.807, 2.05) is 34.0 Å². The molecule has 6 heteroatoms. The van der Waals surface area contributed by atoms with Crippen molar-refractivity contribution in [3.63, 3.8) is 0 Å². The molecule has 0 fully saturated rings. The van der Waals surface area contributed by atoms with Crippen LogP contribution in [0.4, 0.5) is 0 Å². The molecule has 0 N–H and O–H groups in total. The summed E-state index contributed by atoms with van der Waals surface area (Å²) in [7, 11) is 0. The maximum absolute atomic E-state index is 6.42. The third-order valence-corrected chi connectivity index (χ3v) is 20.9. The Bertz CT molecular complexity index is 3660. The van der Waals surface area contributed by atoms with Gasteiger partial charge in [-0.2, -0.15) is 0 Å². The maximum atomic E-state index is 6.42. The lowest BCUT2D eigenvalue weighted by atomic mass is 9.88. The SMILES string of the molecule is CCCCCCCCc1cc(-c2cc(-c3cc(CCCCCCCC)c(-c4ccc(-c5ccc(C)s5)s4)cc3CCCCCCCC)nc(-c3ccc4sc5cc6oc7ccccc7c6cc5c4c3)n2)c(CCCCCCCC)cc1C. The van der Waals surface area contributed by atoms with Gasteiger partial charge in [0.2, 0.25) is 0 Å². The quantitative estimate of drug-likeness (QED) is 0.0385. The zero-order chi connectivity index (χ0) is 56.6. The van der Waals surface area contributed by atoms with Gasteiger partial charge in [-0.05, 0) is 184 Å². The highest BCUT2D eigenvalue weighted by Gasteiger charge is 2.22. The Morgan fingerprint density at radius 3 is 1.46 bits per heavy atom. The first-order valence-electron chi connectivity index (χ1n) is 32.4. The van der Waals surface area contributed by atoms with Crippen LogP contribution >= 0.6 is 34.0 Å². The van der Waals surface area contributed by atoms with Crippen LogP contribution in [0, 0.1) is 13.8 Å². The van der Waals surface area contributed by atoms with Crippen molar-refractivity contribution in [2.75, 3.05) is 0 Å². The van der Waals surface area contributed by atoms with Crippen molar-refractivity contribution in [2.24, 2.45) is 0 Å². The summed E-state index contributed by atoms with van der Waals surface area (Å²) in [4.78, 5) is 17.1. The highest BCUT2D eigenvalue weighted by molar-refractivity contribution is 7.26. The standard InChI is InChI=1S/C76H92N2OS3/c1-7-11-15-19-23-27-33-55-46-61(56(45-53(55)5)34-28-24-20-16-12-8-2)67-51-68(78-76(77-67)59-40-42-72-65(49-59)66-50-64-60-37-31-32-38-69(60)79-70(64)52-75(66)82-72)62-47-58(36-30-26-22-18-14-10-4)63(48-57(62)35-29-25-21-17-13-9-3)71-43-44-74(81-71)73-41-39-54(6)80-73/h31-32,37-52H,7-30,33-36H2,1-6H3. The van der Waals surface area contributed by atoms with Gasteiger partial charge in [0.25, 0.3) is 0 Å². The van der Waals surface area contributed by atoms with E-state index in [0.717, 1.165) is 65.0 Å². The van der Waals surface area contributed by atoms with E-state index in [2.05, 4.69) is 151 Å². The van der Waals surface area contributed by atoms with Crippen molar-refractivity contribution in [1.29, 1.82) is 0 Å². The molecular formula is C76H92N2OS3. The minimum Gasteiger partial charge on any atom is -0.456 e. The molecule has 0 bridgehead atoms. The number of hydrogen-bond acceptors (Lipinski definition) is 6. The van der Waals surface area contributed by atoms with Gasteiger partial charge in [-0.15, -0.1) is 34.0 Å². The first-order chi connectivity index (χ1) is 40.3. The zero-order valence-electron chi connectivity index (χ0n) is 50.7. The van der Waals surface area contributed by atoms with E-state index in [1.54, 1.807) is 0 Å². The molecule has 0 spiro atoms. The molecule has 3 nitrogen and oxygen atoms in total. The van der Waals surface area contributed by atoms with Crippen molar-refractivity contribution in [1.82, 2.24) is 9.97 Å². The van der Waals surface area contributed by atoms with Crippen molar-refractivity contribution in [3.8, 4) is 54.1 Å². The van der Waals surface area contributed by atoms with E-state index < -0.39 is 0 Å². The second-order valence-corrected chi connectivity index (χ2v) is 27.4. The Morgan fingerprint density at radius 1 is 0.354 bits per heavy atom. The molecule has 0 aliphatic rings. The van der Waals surface area contributed by atoms with Crippen molar-refractivity contribution in [3.05, 3.63) is 142 Å². The summed E-state index contributed by atoms with van der Waals surface area (Å²) in [6.07, 6.45) is 35.0.